The summed E-state index contributed by atoms with van der Waals surface area (Å²) in [6.45, 7) is 5.58. The van der Waals surface area contributed by atoms with Crippen molar-refractivity contribution in [3.05, 3.63) is 24.3 Å². The van der Waals surface area contributed by atoms with E-state index in [1.807, 2.05) is 20.8 Å². The Balaban J connectivity index is 2.75. The summed E-state index contributed by atoms with van der Waals surface area (Å²) in [4.78, 5) is 12.3. The molecule has 0 spiro atoms. The molecule has 6 heteroatoms. The number of carbonyl (C=O) groups excluding carboxylic acids is 1. The van der Waals surface area contributed by atoms with E-state index in [2.05, 4.69) is 5.32 Å². The topological polar surface area (TPSA) is 55.1 Å². The molecule has 0 aliphatic rings. The maximum Gasteiger partial charge on any atom is 0.288 e. The standard InChI is InChI=1S/C13H18F2N2OS/c1-13(2,3)10(16)11(18)17-8-5-4-6-9(7-8)19-12(14)15/h4-7,10,12H,16H2,1-3H3,(H,17,18)/t10-/m1/s1. The highest BCUT2D eigenvalue weighted by atomic mass is 32.2. The quantitative estimate of drug-likeness (QED) is 0.836. The van der Waals surface area contributed by atoms with E-state index in [0.717, 1.165) is 0 Å². The first kappa shape index (κ1) is 15.9. The average molecular weight is 288 g/mol. The number of thioether (sulfide) groups is 1. The molecule has 19 heavy (non-hydrogen) atoms. The number of alkyl halides is 2. The lowest BCUT2D eigenvalue weighted by atomic mass is 9.87. The zero-order valence-electron chi connectivity index (χ0n) is 11.1. The Labute approximate surface area is 115 Å². The SMILES string of the molecule is CC(C)(C)[C@H](N)C(=O)Nc1cccc(SC(F)F)c1. The molecule has 3 N–H and O–H groups in total. The van der Waals surface area contributed by atoms with Crippen LogP contribution in [-0.2, 0) is 4.79 Å². The molecule has 1 rings (SSSR count). The van der Waals surface area contributed by atoms with Crippen molar-refractivity contribution in [2.75, 3.05) is 5.32 Å². The zero-order chi connectivity index (χ0) is 14.6. The van der Waals surface area contributed by atoms with Gasteiger partial charge in [0.2, 0.25) is 5.91 Å². The van der Waals surface area contributed by atoms with E-state index in [9.17, 15) is 13.6 Å². The van der Waals surface area contributed by atoms with E-state index in [4.69, 9.17) is 5.73 Å². The second-order valence-corrected chi connectivity index (χ2v) is 6.30. The maximum absolute atomic E-state index is 12.3. The van der Waals surface area contributed by atoms with Crippen LogP contribution in [0.5, 0.6) is 0 Å². The predicted molar refractivity (Wildman–Crippen MR) is 74.4 cm³/mol. The van der Waals surface area contributed by atoms with Gasteiger partial charge in [0.1, 0.15) is 0 Å². The Morgan fingerprint density at radius 3 is 2.53 bits per heavy atom. The lowest BCUT2D eigenvalue weighted by molar-refractivity contribution is -0.119. The number of benzene rings is 1. The van der Waals surface area contributed by atoms with Gasteiger partial charge in [0.05, 0.1) is 6.04 Å². The van der Waals surface area contributed by atoms with Gasteiger partial charge in [-0.1, -0.05) is 38.6 Å². The maximum atomic E-state index is 12.3. The molecule has 1 amide bonds. The molecule has 0 unspecified atom stereocenters. The lowest BCUT2D eigenvalue weighted by Gasteiger charge is -2.25. The van der Waals surface area contributed by atoms with Crippen LogP contribution in [0.1, 0.15) is 20.8 Å². The van der Waals surface area contributed by atoms with Crippen LogP contribution >= 0.6 is 11.8 Å². The highest BCUT2D eigenvalue weighted by Crippen LogP contribution is 2.27. The number of amides is 1. The summed E-state index contributed by atoms with van der Waals surface area (Å²) in [5.41, 5.74) is 5.93. The van der Waals surface area contributed by atoms with Gasteiger partial charge in [0, 0.05) is 10.6 Å². The molecule has 0 saturated heterocycles. The fourth-order valence-electron chi connectivity index (χ4n) is 1.36. The number of carbonyl (C=O) groups is 1. The second kappa shape index (κ2) is 6.34. The molecule has 106 valence electrons. The molecule has 1 atom stereocenters. The van der Waals surface area contributed by atoms with Gasteiger partial charge in [-0.25, -0.2) is 0 Å². The van der Waals surface area contributed by atoms with E-state index in [1.165, 1.54) is 6.07 Å². The van der Waals surface area contributed by atoms with Gasteiger partial charge in [0.25, 0.3) is 5.76 Å². The summed E-state index contributed by atoms with van der Waals surface area (Å²) in [6.07, 6.45) is 0. The number of anilines is 1. The number of nitrogens with one attached hydrogen (secondary N) is 1. The molecule has 0 fully saturated rings. The second-order valence-electron chi connectivity index (χ2n) is 5.24. The van der Waals surface area contributed by atoms with E-state index in [-0.39, 0.29) is 11.3 Å². The number of nitrogens with two attached hydrogens (primary N) is 1. The van der Waals surface area contributed by atoms with Crippen LogP contribution in [0.25, 0.3) is 0 Å². The third-order valence-electron chi connectivity index (χ3n) is 2.54. The van der Waals surface area contributed by atoms with Gasteiger partial charge in [-0.15, -0.1) is 0 Å². The van der Waals surface area contributed by atoms with Crippen molar-refractivity contribution in [2.45, 2.75) is 37.5 Å². The number of hydrogen-bond acceptors (Lipinski definition) is 3. The third-order valence-corrected chi connectivity index (χ3v) is 3.25. The predicted octanol–water partition coefficient (Wildman–Crippen LogP) is 3.31. The summed E-state index contributed by atoms with van der Waals surface area (Å²) in [5, 5.41) is 2.64. The Hall–Kier alpha value is -1.14. The Kier molecular flexibility index (Phi) is 5.31. The molecule has 0 saturated carbocycles. The summed E-state index contributed by atoms with van der Waals surface area (Å²) in [5.74, 6) is -2.81. The van der Waals surface area contributed by atoms with E-state index in [0.29, 0.717) is 22.3 Å². The molecular formula is C13H18F2N2OS. The first-order valence-electron chi connectivity index (χ1n) is 5.81. The Morgan fingerprint density at radius 1 is 1.37 bits per heavy atom. The zero-order valence-corrected chi connectivity index (χ0v) is 11.9. The molecule has 0 radical (unpaired) electrons. The van der Waals surface area contributed by atoms with Crippen LogP contribution in [0.3, 0.4) is 0 Å². The molecule has 0 aliphatic carbocycles. The monoisotopic (exact) mass is 288 g/mol. The minimum atomic E-state index is -2.48. The van der Waals surface area contributed by atoms with Crippen molar-refractivity contribution in [3.8, 4) is 0 Å². The van der Waals surface area contributed by atoms with Crippen molar-refractivity contribution in [1.82, 2.24) is 0 Å². The molecule has 3 nitrogen and oxygen atoms in total. The summed E-state index contributed by atoms with van der Waals surface area (Å²) in [6, 6.07) is 5.66. The van der Waals surface area contributed by atoms with Gasteiger partial charge >= 0.3 is 0 Å². The van der Waals surface area contributed by atoms with E-state index in [1.54, 1.807) is 18.2 Å². The number of rotatable bonds is 4. The fourth-order valence-corrected chi connectivity index (χ4v) is 1.92. The molecule has 0 aromatic heterocycles. The van der Waals surface area contributed by atoms with Crippen LogP contribution in [0.4, 0.5) is 14.5 Å². The summed E-state index contributed by atoms with van der Waals surface area (Å²) in [7, 11) is 0. The fraction of sp³-hybridized carbons (Fsp3) is 0.462. The van der Waals surface area contributed by atoms with E-state index >= 15 is 0 Å². The average Bonchev–Trinajstić information content (AvgIpc) is 2.26. The van der Waals surface area contributed by atoms with Crippen molar-refractivity contribution < 1.29 is 13.6 Å². The minimum Gasteiger partial charge on any atom is -0.325 e. The Bertz CT molecular complexity index is 447. The molecule has 1 aromatic rings. The summed E-state index contributed by atoms with van der Waals surface area (Å²) >= 11 is 0.438. The third kappa shape index (κ3) is 5.16. The van der Waals surface area contributed by atoms with Crippen molar-refractivity contribution in [1.29, 1.82) is 0 Å². The van der Waals surface area contributed by atoms with E-state index < -0.39 is 11.8 Å². The molecular weight excluding hydrogens is 270 g/mol. The number of halogens is 2. The largest absolute Gasteiger partial charge is 0.325 e. The molecule has 0 bridgehead atoms. The normalized spacial score (nSPS) is 13.4. The first-order chi connectivity index (χ1) is 8.70. The van der Waals surface area contributed by atoms with Gasteiger partial charge in [-0.3, -0.25) is 4.79 Å². The van der Waals surface area contributed by atoms with Crippen molar-refractivity contribution in [2.24, 2.45) is 11.1 Å². The van der Waals surface area contributed by atoms with Crippen molar-refractivity contribution in [3.63, 3.8) is 0 Å². The highest BCUT2D eigenvalue weighted by Gasteiger charge is 2.27. The molecule has 1 aromatic carbocycles. The molecule has 0 heterocycles. The number of hydrogen-bond donors (Lipinski definition) is 2. The van der Waals surface area contributed by atoms with Crippen molar-refractivity contribution >= 4 is 23.4 Å². The van der Waals surface area contributed by atoms with Gasteiger partial charge in [0.15, 0.2) is 0 Å². The Morgan fingerprint density at radius 2 is 2.00 bits per heavy atom. The highest BCUT2D eigenvalue weighted by molar-refractivity contribution is 7.99. The van der Waals surface area contributed by atoms with Gasteiger partial charge in [-0.2, -0.15) is 8.78 Å². The minimum absolute atomic E-state index is 0.327. The van der Waals surface area contributed by atoms with Gasteiger partial charge < -0.3 is 11.1 Å². The van der Waals surface area contributed by atoms with Crippen LogP contribution in [-0.4, -0.2) is 17.7 Å². The van der Waals surface area contributed by atoms with Gasteiger partial charge in [-0.05, 0) is 23.6 Å². The smallest absolute Gasteiger partial charge is 0.288 e. The lowest BCUT2D eigenvalue weighted by Crippen LogP contribution is -2.45. The molecule has 0 aliphatic heterocycles. The van der Waals surface area contributed by atoms with Crippen LogP contribution < -0.4 is 11.1 Å². The first-order valence-corrected chi connectivity index (χ1v) is 6.69. The van der Waals surface area contributed by atoms with Crippen LogP contribution in [0, 0.1) is 5.41 Å². The summed E-state index contributed by atoms with van der Waals surface area (Å²) < 4.78 is 24.5. The van der Waals surface area contributed by atoms with Crippen LogP contribution in [0.2, 0.25) is 0 Å². The van der Waals surface area contributed by atoms with Crippen LogP contribution in [0.15, 0.2) is 29.2 Å².